The molecule has 0 saturated carbocycles. The lowest BCUT2D eigenvalue weighted by Gasteiger charge is -2.12. The maximum absolute atomic E-state index is 12.6. The molecule has 4 rings (SSSR count). The molecule has 0 saturated heterocycles. The van der Waals surface area contributed by atoms with Crippen LogP contribution in [0.25, 0.3) is 22.2 Å². The Morgan fingerprint density at radius 2 is 1.93 bits per heavy atom. The molecule has 29 heavy (non-hydrogen) atoms. The van der Waals surface area contributed by atoms with Gasteiger partial charge in [-0.05, 0) is 41.5 Å². The molecule has 0 spiro atoms. The van der Waals surface area contributed by atoms with Crippen molar-refractivity contribution in [2.24, 2.45) is 7.05 Å². The van der Waals surface area contributed by atoms with Crippen LogP contribution in [-0.4, -0.2) is 25.9 Å². The maximum atomic E-state index is 12.6. The van der Waals surface area contributed by atoms with Gasteiger partial charge in [-0.1, -0.05) is 29.3 Å². The average Bonchev–Trinajstić information content (AvgIpc) is 3.26. The van der Waals surface area contributed by atoms with E-state index >= 15 is 0 Å². The normalized spacial score (nSPS) is 11.7. The van der Waals surface area contributed by atoms with Gasteiger partial charge in [-0.3, -0.25) is 4.68 Å². The Labute approximate surface area is 175 Å². The number of fused-ring (bicyclic) bond motifs is 1. The van der Waals surface area contributed by atoms with Crippen molar-refractivity contribution in [2.45, 2.75) is 19.8 Å². The van der Waals surface area contributed by atoms with Gasteiger partial charge in [0.15, 0.2) is 0 Å². The monoisotopic (exact) mass is 436 g/mol. The summed E-state index contributed by atoms with van der Waals surface area (Å²) in [6, 6.07) is 10.9. The van der Waals surface area contributed by atoms with Crippen LogP contribution < -0.4 is 0 Å². The molecule has 2 aromatic carbocycles. The number of aromatic nitrogens is 4. The number of halogens is 4. The number of rotatable bonds is 6. The lowest BCUT2D eigenvalue weighted by atomic mass is 10.1. The number of hydrogen-bond donors (Lipinski definition) is 0. The van der Waals surface area contributed by atoms with E-state index in [0.717, 1.165) is 22.2 Å². The van der Waals surface area contributed by atoms with Gasteiger partial charge in [0.25, 0.3) is 0 Å². The molecule has 2 aromatic heterocycles. The van der Waals surface area contributed by atoms with Crippen LogP contribution >= 0.6 is 23.2 Å². The average molecular weight is 437 g/mol. The van der Waals surface area contributed by atoms with Crippen molar-refractivity contribution < 1.29 is 13.5 Å². The van der Waals surface area contributed by atoms with Gasteiger partial charge in [0, 0.05) is 28.9 Å². The highest BCUT2D eigenvalue weighted by molar-refractivity contribution is 6.33. The van der Waals surface area contributed by atoms with Gasteiger partial charge in [0.05, 0.1) is 23.8 Å². The fourth-order valence-electron chi connectivity index (χ4n) is 3.18. The van der Waals surface area contributed by atoms with Crippen LogP contribution in [0.15, 0.2) is 48.8 Å². The van der Waals surface area contributed by atoms with Gasteiger partial charge in [-0.25, -0.2) is 4.98 Å². The smallest absolute Gasteiger partial charge is 0.321 e. The van der Waals surface area contributed by atoms with E-state index < -0.39 is 6.61 Å². The molecule has 0 fully saturated rings. The predicted molar refractivity (Wildman–Crippen MR) is 108 cm³/mol. The fraction of sp³-hybridized carbons (Fsp3) is 0.200. The lowest BCUT2D eigenvalue weighted by molar-refractivity contribution is -0.139. The van der Waals surface area contributed by atoms with Crippen LogP contribution in [0.3, 0.4) is 0 Å². The van der Waals surface area contributed by atoms with E-state index in [1.54, 1.807) is 29.1 Å². The van der Waals surface area contributed by atoms with Gasteiger partial charge < -0.3 is 9.30 Å². The molecule has 0 aliphatic rings. The summed E-state index contributed by atoms with van der Waals surface area (Å²) in [5.41, 5.74) is 4.07. The molecule has 0 unspecified atom stereocenters. The van der Waals surface area contributed by atoms with Gasteiger partial charge in [-0.2, -0.15) is 13.9 Å². The zero-order chi connectivity index (χ0) is 20.5. The number of nitrogens with zero attached hydrogens (tertiary/aromatic N) is 4. The Balaban J connectivity index is 1.82. The molecule has 0 bridgehead atoms. The van der Waals surface area contributed by atoms with E-state index in [4.69, 9.17) is 23.2 Å². The summed E-state index contributed by atoms with van der Waals surface area (Å²) in [4.78, 5) is 4.48. The Bertz CT molecular complexity index is 1170. The van der Waals surface area contributed by atoms with Gasteiger partial charge >= 0.3 is 6.61 Å². The highest BCUT2D eigenvalue weighted by Gasteiger charge is 2.16. The van der Waals surface area contributed by atoms with Gasteiger partial charge in [0.2, 0.25) is 0 Å². The van der Waals surface area contributed by atoms with Crippen LogP contribution in [0.2, 0.25) is 10.0 Å². The molecular formula is C20H16Cl2F2N4O. The molecule has 0 aliphatic heterocycles. The highest BCUT2D eigenvalue weighted by Crippen LogP contribution is 2.28. The molecule has 0 atom stereocenters. The van der Waals surface area contributed by atoms with Crippen LogP contribution in [0.4, 0.5) is 8.78 Å². The molecule has 5 nitrogen and oxygen atoms in total. The molecule has 150 valence electrons. The van der Waals surface area contributed by atoms with Crippen molar-refractivity contribution in [2.75, 3.05) is 0 Å². The topological polar surface area (TPSA) is 44.9 Å². The first-order valence-corrected chi connectivity index (χ1v) is 9.48. The zero-order valence-electron chi connectivity index (χ0n) is 15.3. The zero-order valence-corrected chi connectivity index (χ0v) is 16.8. The van der Waals surface area contributed by atoms with Crippen molar-refractivity contribution in [3.63, 3.8) is 0 Å². The molecule has 0 radical (unpaired) electrons. The molecule has 4 aromatic rings. The number of aryl methyl sites for hydroxylation is 1. The summed E-state index contributed by atoms with van der Waals surface area (Å²) in [5, 5.41) is 5.26. The van der Waals surface area contributed by atoms with Crippen LogP contribution in [0, 0.1) is 0 Å². The Morgan fingerprint density at radius 3 is 2.66 bits per heavy atom. The van der Waals surface area contributed by atoms with Crippen molar-refractivity contribution >= 4 is 34.2 Å². The standard InChI is InChI=1S/C20H16Cl2F2N4O/c1-27-9-14(8-25-27)12-2-5-17-18(7-12)28(19(26-17)11-29-20(23)24)10-13-6-15(21)3-4-16(13)22/h2-9,20H,10-11H2,1H3. The molecular weight excluding hydrogens is 421 g/mol. The van der Waals surface area contributed by atoms with Gasteiger partial charge in [-0.15, -0.1) is 0 Å². The molecule has 0 N–H and O–H groups in total. The van der Waals surface area contributed by atoms with Crippen molar-refractivity contribution in [3.8, 4) is 11.1 Å². The Hall–Kier alpha value is -2.48. The van der Waals surface area contributed by atoms with E-state index in [2.05, 4.69) is 14.8 Å². The van der Waals surface area contributed by atoms with Crippen molar-refractivity contribution in [1.82, 2.24) is 19.3 Å². The first kappa shape index (κ1) is 19.8. The van der Waals surface area contributed by atoms with Crippen molar-refractivity contribution in [1.29, 1.82) is 0 Å². The third-order valence-electron chi connectivity index (χ3n) is 4.54. The highest BCUT2D eigenvalue weighted by atomic mass is 35.5. The Kier molecular flexibility index (Phi) is 5.54. The summed E-state index contributed by atoms with van der Waals surface area (Å²) in [7, 11) is 1.84. The third-order valence-corrected chi connectivity index (χ3v) is 5.14. The largest absolute Gasteiger partial charge is 0.345 e. The minimum absolute atomic E-state index is 0.314. The van der Waals surface area contributed by atoms with E-state index in [9.17, 15) is 8.78 Å². The lowest BCUT2D eigenvalue weighted by Crippen LogP contribution is -2.09. The number of alkyl halides is 2. The van der Waals surface area contributed by atoms with Crippen LogP contribution in [0.5, 0.6) is 0 Å². The SMILES string of the molecule is Cn1cc(-c2ccc3nc(COC(F)F)n(Cc4cc(Cl)ccc4Cl)c3c2)cn1. The maximum Gasteiger partial charge on any atom is 0.345 e. The first-order valence-electron chi connectivity index (χ1n) is 8.72. The number of ether oxygens (including phenoxy) is 1. The van der Waals surface area contributed by atoms with Crippen LogP contribution in [-0.2, 0) is 24.9 Å². The molecule has 0 aliphatic carbocycles. The summed E-state index contributed by atoms with van der Waals surface area (Å²) >= 11 is 12.4. The Morgan fingerprint density at radius 1 is 1.10 bits per heavy atom. The summed E-state index contributed by atoms with van der Waals surface area (Å²) in [6.45, 7) is -2.90. The minimum atomic E-state index is -2.89. The summed E-state index contributed by atoms with van der Waals surface area (Å²) in [6.07, 6.45) is 3.66. The molecule has 2 heterocycles. The quantitative estimate of drug-likeness (QED) is 0.399. The summed E-state index contributed by atoms with van der Waals surface area (Å²) in [5.74, 6) is 0.375. The second kappa shape index (κ2) is 8.10. The van der Waals surface area contributed by atoms with Crippen LogP contribution in [0.1, 0.15) is 11.4 Å². The fourth-order valence-corrected chi connectivity index (χ4v) is 3.55. The first-order chi connectivity index (χ1) is 13.9. The molecule has 9 heteroatoms. The van der Waals surface area contributed by atoms with Crippen molar-refractivity contribution in [3.05, 3.63) is 70.2 Å². The molecule has 0 amide bonds. The van der Waals surface area contributed by atoms with E-state index in [1.165, 1.54) is 0 Å². The second-order valence-corrected chi connectivity index (χ2v) is 7.37. The third kappa shape index (κ3) is 4.27. The van der Waals surface area contributed by atoms with Gasteiger partial charge in [0.1, 0.15) is 12.4 Å². The van der Waals surface area contributed by atoms with E-state index in [-0.39, 0.29) is 6.61 Å². The number of imidazole rings is 1. The van der Waals surface area contributed by atoms with E-state index in [1.807, 2.05) is 36.0 Å². The van der Waals surface area contributed by atoms with E-state index in [0.29, 0.717) is 27.9 Å². The predicted octanol–water partition coefficient (Wildman–Crippen LogP) is 5.53. The second-order valence-electron chi connectivity index (χ2n) is 6.53. The summed E-state index contributed by atoms with van der Waals surface area (Å²) < 4.78 is 33.3. The minimum Gasteiger partial charge on any atom is -0.321 e. The number of benzene rings is 2. The number of hydrogen-bond acceptors (Lipinski definition) is 3.